The van der Waals surface area contributed by atoms with E-state index in [1.165, 1.54) is 35.5 Å². The van der Waals surface area contributed by atoms with Gasteiger partial charge in [-0.25, -0.2) is 9.18 Å². The molecule has 1 heterocycles. The highest BCUT2D eigenvalue weighted by atomic mass is 32.2. The fourth-order valence-corrected chi connectivity index (χ4v) is 4.64. The highest BCUT2D eigenvalue weighted by Crippen LogP contribution is 2.36. The van der Waals surface area contributed by atoms with Gasteiger partial charge in [-0.2, -0.15) is 0 Å². The number of rotatable bonds is 6. The van der Waals surface area contributed by atoms with Gasteiger partial charge in [0, 0.05) is 28.5 Å². The normalized spacial score (nSPS) is 15.6. The minimum Gasteiger partial charge on any atom is -0.478 e. The summed E-state index contributed by atoms with van der Waals surface area (Å²) in [6.07, 6.45) is 6.26. The number of pyridine rings is 1. The number of carboxylic acids is 1. The van der Waals surface area contributed by atoms with Crippen molar-refractivity contribution in [2.45, 2.75) is 35.0 Å². The molecule has 29 heavy (non-hydrogen) atoms. The highest BCUT2D eigenvalue weighted by molar-refractivity contribution is 7.99. The van der Waals surface area contributed by atoms with E-state index in [1.807, 2.05) is 0 Å². The minimum absolute atomic E-state index is 0.227. The molecule has 1 aromatic heterocycles. The number of benzene rings is 2. The first-order valence-corrected chi connectivity index (χ1v) is 10.4. The van der Waals surface area contributed by atoms with Gasteiger partial charge in [0.25, 0.3) is 0 Å². The predicted molar refractivity (Wildman–Crippen MR) is 112 cm³/mol. The predicted octanol–water partition coefficient (Wildman–Crippen LogP) is 5.60. The van der Waals surface area contributed by atoms with Crippen molar-refractivity contribution >= 4 is 23.4 Å². The third kappa shape index (κ3) is 4.59. The van der Waals surface area contributed by atoms with E-state index in [-0.39, 0.29) is 11.4 Å². The maximum atomic E-state index is 13.1. The van der Waals surface area contributed by atoms with Crippen LogP contribution in [0.2, 0.25) is 0 Å². The van der Waals surface area contributed by atoms with Crippen LogP contribution >= 0.6 is 11.8 Å². The molecule has 1 unspecified atom stereocenters. The number of carboxylic acid groups (broad SMARTS) is 1. The molecule has 148 valence electrons. The van der Waals surface area contributed by atoms with E-state index in [1.54, 1.807) is 30.1 Å². The number of aryl methyl sites for hydroxylation is 1. The lowest BCUT2D eigenvalue weighted by Gasteiger charge is -2.27. The molecule has 0 saturated heterocycles. The number of nitrogens with one attached hydrogen (secondary N) is 1. The number of carbonyl (C=O) groups is 1. The molecule has 1 atom stereocenters. The quantitative estimate of drug-likeness (QED) is 0.556. The molecular formula is C23H21FN2O2S. The fourth-order valence-electron chi connectivity index (χ4n) is 3.76. The Kier molecular flexibility index (Phi) is 5.81. The Morgan fingerprint density at radius 3 is 2.76 bits per heavy atom. The van der Waals surface area contributed by atoms with Crippen molar-refractivity contribution in [1.29, 1.82) is 0 Å². The van der Waals surface area contributed by atoms with E-state index in [4.69, 9.17) is 0 Å². The van der Waals surface area contributed by atoms with Crippen molar-refractivity contribution in [2.75, 3.05) is 11.9 Å². The van der Waals surface area contributed by atoms with E-state index >= 15 is 0 Å². The molecule has 4 nitrogen and oxygen atoms in total. The van der Waals surface area contributed by atoms with Gasteiger partial charge in [0.1, 0.15) is 5.82 Å². The van der Waals surface area contributed by atoms with Crippen LogP contribution in [0.1, 0.15) is 40.2 Å². The summed E-state index contributed by atoms with van der Waals surface area (Å²) in [7, 11) is 0. The lowest BCUT2D eigenvalue weighted by Crippen LogP contribution is -2.19. The number of anilines is 1. The van der Waals surface area contributed by atoms with Crippen LogP contribution in [0.5, 0.6) is 0 Å². The first-order chi connectivity index (χ1) is 14.1. The van der Waals surface area contributed by atoms with E-state index in [0.717, 1.165) is 29.1 Å². The minimum atomic E-state index is -0.957. The Balaban J connectivity index is 1.48. The first kappa shape index (κ1) is 19.5. The standard InChI is InChI=1S/C23H21FN2O2S/c24-17-4-6-18(7-5-17)29-19-8-9-20-15(12-19)2-1-3-16(20)13-26-22-14-25-11-10-21(22)23(27)28/h4-12,14,16,26H,1-3,13H2,(H,27,28). The van der Waals surface area contributed by atoms with Crippen molar-refractivity contribution in [3.8, 4) is 0 Å². The number of hydrogen-bond donors (Lipinski definition) is 2. The van der Waals surface area contributed by atoms with Crippen LogP contribution < -0.4 is 5.32 Å². The van der Waals surface area contributed by atoms with Crippen molar-refractivity contribution < 1.29 is 14.3 Å². The number of nitrogens with zero attached hydrogens (tertiary/aromatic N) is 1. The molecule has 0 aliphatic heterocycles. The van der Waals surface area contributed by atoms with Gasteiger partial charge in [0.05, 0.1) is 17.4 Å². The van der Waals surface area contributed by atoms with Gasteiger partial charge in [0.15, 0.2) is 0 Å². The van der Waals surface area contributed by atoms with Crippen LogP contribution in [0.15, 0.2) is 70.7 Å². The summed E-state index contributed by atoms with van der Waals surface area (Å²) in [5.41, 5.74) is 3.44. The van der Waals surface area contributed by atoms with Crippen LogP contribution in [0, 0.1) is 5.82 Å². The largest absolute Gasteiger partial charge is 0.478 e. The van der Waals surface area contributed by atoms with Crippen LogP contribution in [-0.4, -0.2) is 22.6 Å². The lowest BCUT2D eigenvalue weighted by molar-refractivity contribution is 0.0697. The average molecular weight is 408 g/mol. The molecule has 0 radical (unpaired) electrons. The molecule has 2 aromatic carbocycles. The Morgan fingerprint density at radius 2 is 1.97 bits per heavy atom. The topological polar surface area (TPSA) is 62.2 Å². The second-order valence-electron chi connectivity index (χ2n) is 7.11. The average Bonchev–Trinajstić information content (AvgIpc) is 2.74. The summed E-state index contributed by atoms with van der Waals surface area (Å²) in [6.45, 7) is 0.670. The SMILES string of the molecule is O=C(O)c1ccncc1NCC1CCCc2cc(Sc3ccc(F)cc3)ccc21. The van der Waals surface area contributed by atoms with Gasteiger partial charge in [-0.1, -0.05) is 17.8 Å². The molecule has 0 saturated carbocycles. The molecule has 4 rings (SSSR count). The molecule has 0 amide bonds. The smallest absolute Gasteiger partial charge is 0.337 e. The van der Waals surface area contributed by atoms with E-state index < -0.39 is 5.97 Å². The first-order valence-electron chi connectivity index (χ1n) is 9.57. The third-order valence-corrected chi connectivity index (χ3v) is 6.19. The molecule has 2 N–H and O–H groups in total. The monoisotopic (exact) mass is 408 g/mol. The van der Waals surface area contributed by atoms with Gasteiger partial charge < -0.3 is 10.4 Å². The summed E-state index contributed by atoms with van der Waals surface area (Å²) in [4.78, 5) is 17.6. The molecule has 1 aliphatic carbocycles. The Hall–Kier alpha value is -2.86. The van der Waals surface area contributed by atoms with Gasteiger partial charge in [0.2, 0.25) is 0 Å². The Labute approximate surface area is 173 Å². The zero-order chi connectivity index (χ0) is 20.2. The van der Waals surface area contributed by atoms with Crippen molar-refractivity contribution in [3.05, 3.63) is 83.4 Å². The fraction of sp³-hybridized carbons (Fsp3) is 0.217. The molecule has 0 bridgehead atoms. The maximum Gasteiger partial charge on any atom is 0.337 e. The van der Waals surface area contributed by atoms with E-state index in [2.05, 4.69) is 28.5 Å². The molecular weight excluding hydrogens is 387 g/mol. The second kappa shape index (κ2) is 8.66. The molecule has 0 fully saturated rings. The van der Waals surface area contributed by atoms with E-state index in [0.29, 0.717) is 18.2 Å². The molecule has 1 aliphatic rings. The number of aromatic nitrogens is 1. The van der Waals surface area contributed by atoms with Gasteiger partial charge >= 0.3 is 5.97 Å². The number of halogens is 1. The van der Waals surface area contributed by atoms with Crippen LogP contribution in [0.25, 0.3) is 0 Å². The number of hydrogen-bond acceptors (Lipinski definition) is 4. The summed E-state index contributed by atoms with van der Waals surface area (Å²) in [6, 6.07) is 14.6. The summed E-state index contributed by atoms with van der Waals surface area (Å²) >= 11 is 1.63. The maximum absolute atomic E-state index is 13.1. The van der Waals surface area contributed by atoms with Crippen LogP contribution in [-0.2, 0) is 6.42 Å². The zero-order valence-electron chi connectivity index (χ0n) is 15.8. The zero-order valence-corrected chi connectivity index (χ0v) is 16.6. The third-order valence-electron chi connectivity index (χ3n) is 5.19. The van der Waals surface area contributed by atoms with E-state index in [9.17, 15) is 14.3 Å². The van der Waals surface area contributed by atoms with Crippen molar-refractivity contribution in [1.82, 2.24) is 4.98 Å². The summed E-state index contributed by atoms with van der Waals surface area (Å²) in [5, 5.41) is 12.6. The van der Waals surface area contributed by atoms with Gasteiger partial charge in [-0.15, -0.1) is 0 Å². The van der Waals surface area contributed by atoms with Crippen LogP contribution in [0.3, 0.4) is 0 Å². The van der Waals surface area contributed by atoms with Crippen LogP contribution in [0.4, 0.5) is 10.1 Å². The number of fused-ring (bicyclic) bond motifs is 1. The van der Waals surface area contributed by atoms with Crippen molar-refractivity contribution in [2.24, 2.45) is 0 Å². The highest BCUT2D eigenvalue weighted by Gasteiger charge is 2.21. The van der Waals surface area contributed by atoms with Gasteiger partial charge in [-0.3, -0.25) is 4.98 Å². The lowest BCUT2D eigenvalue weighted by atomic mass is 9.83. The van der Waals surface area contributed by atoms with Crippen molar-refractivity contribution in [3.63, 3.8) is 0 Å². The van der Waals surface area contributed by atoms with Gasteiger partial charge in [-0.05, 0) is 72.9 Å². The molecule has 0 spiro atoms. The second-order valence-corrected chi connectivity index (χ2v) is 8.26. The Bertz CT molecular complexity index is 1020. The summed E-state index contributed by atoms with van der Waals surface area (Å²) in [5.74, 6) is -0.860. The molecule has 6 heteroatoms. The Morgan fingerprint density at radius 1 is 1.17 bits per heavy atom. The summed E-state index contributed by atoms with van der Waals surface area (Å²) < 4.78 is 13.1. The number of aromatic carboxylic acids is 1. The molecule has 3 aromatic rings.